The molecule has 0 aliphatic carbocycles. The highest BCUT2D eigenvalue weighted by molar-refractivity contribution is 5.96. The number of aryl methyl sites for hydroxylation is 1. The summed E-state index contributed by atoms with van der Waals surface area (Å²) in [5.41, 5.74) is 2.57. The van der Waals surface area contributed by atoms with Gasteiger partial charge in [-0.2, -0.15) is 0 Å². The van der Waals surface area contributed by atoms with Gasteiger partial charge in [0.15, 0.2) is 0 Å². The Hall–Kier alpha value is -2.21. The van der Waals surface area contributed by atoms with Crippen molar-refractivity contribution < 1.29 is 9.21 Å². The van der Waals surface area contributed by atoms with Gasteiger partial charge >= 0.3 is 0 Å². The Morgan fingerprint density at radius 2 is 2.40 bits per heavy atom. The lowest BCUT2D eigenvalue weighted by atomic mass is 10.1. The van der Waals surface area contributed by atoms with E-state index in [0.717, 1.165) is 36.2 Å². The molecule has 1 aromatic carbocycles. The Morgan fingerprint density at radius 1 is 1.50 bits per heavy atom. The van der Waals surface area contributed by atoms with Gasteiger partial charge in [-0.25, -0.2) is 0 Å². The Morgan fingerprint density at radius 3 is 3.10 bits per heavy atom. The van der Waals surface area contributed by atoms with E-state index >= 15 is 0 Å². The van der Waals surface area contributed by atoms with Crippen molar-refractivity contribution in [2.45, 2.75) is 25.8 Å². The average Bonchev–Trinajstić information content (AvgIpc) is 3.14. The fourth-order valence-electron chi connectivity index (χ4n) is 2.32. The molecule has 1 amide bonds. The number of amides is 1. The van der Waals surface area contributed by atoms with E-state index in [1.54, 1.807) is 0 Å². The van der Waals surface area contributed by atoms with E-state index < -0.39 is 0 Å². The summed E-state index contributed by atoms with van der Waals surface area (Å²) in [4.78, 5) is 12.1. The third kappa shape index (κ3) is 2.55. The fourth-order valence-corrected chi connectivity index (χ4v) is 2.32. The predicted octanol–water partition coefficient (Wildman–Crippen LogP) is 1.74. The van der Waals surface area contributed by atoms with Crippen LogP contribution < -0.4 is 10.6 Å². The van der Waals surface area contributed by atoms with Gasteiger partial charge in [-0.05, 0) is 44.0 Å². The summed E-state index contributed by atoms with van der Waals surface area (Å²) in [6.07, 6.45) is 3.21. The van der Waals surface area contributed by atoms with Crippen molar-refractivity contribution in [1.82, 2.24) is 15.5 Å². The third-order valence-corrected chi connectivity index (χ3v) is 3.48. The van der Waals surface area contributed by atoms with Crippen LogP contribution in [0.15, 0.2) is 29.0 Å². The molecule has 1 atom stereocenters. The summed E-state index contributed by atoms with van der Waals surface area (Å²) in [7, 11) is 0. The molecule has 6 nitrogen and oxygen atoms in total. The van der Waals surface area contributed by atoms with Crippen molar-refractivity contribution in [2.75, 3.05) is 11.9 Å². The van der Waals surface area contributed by atoms with E-state index in [1.165, 1.54) is 6.39 Å². The van der Waals surface area contributed by atoms with E-state index in [9.17, 15) is 4.79 Å². The number of carbonyl (C=O) groups excluding carboxylic acids is 1. The second-order valence-electron chi connectivity index (χ2n) is 4.91. The topological polar surface area (TPSA) is 80.1 Å². The van der Waals surface area contributed by atoms with Gasteiger partial charge in [0.2, 0.25) is 18.2 Å². The maximum absolute atomic E-state index is 12.1. The smallest absolute Gasteiger partial charge is 0.247 e. The lowest BCUT2D eigenvalue weighted by Gasteiger charge is -2.13. The van der Waals surface area contributed by atoms with E-state index in [-0.39, 0.29) is 11.9 Å². The van der Waals surface area contributed by atoms with Gasteiger partial charge < -0.3 is 15.1 Å². The SMILES string of the molecule is Cc1ccc(-c2nnco2)cc1NC(=O)[C@@H]1CCCN1. The van der Waals surface area contributed by atoms with Crippen molar-refractivity contribution in [3.05, 3.63) is 30.2 Å². The summed E-state index contributed by atoms with van der Waals surface area (Å²) in [5, 5.41) is 13.7. The van der Waals surface area contributed by atoms with Crippen LogP contribution in [0.25, 0.3) is 11.5 Å². The van der Waals surface area contributed by atoms with Gasteiger partial charge in [-0.3, -0.25) is 4.79 Å². The van der Waals surface area contributed by atoms with Crippen molar-refractivity contribution in [3.8, 4) is 11.5 Å². The number of nitrogens with zero attached hydrogens (tertiary/aromatic N) is 2. The molecule has 2 heterocycles. The third-order valence-electron chi connectivity index (χ3n) is 3.48. The van der Waals surface area contributed by atoms with Crippen LogP contribution in [0.2, 0.25) is 0 Å². The minimum Gasteiger partial charge on any atom is -0.423 e. The molecule has 0 unspecified atom stereocenters. The monoisotopic (exact) mass is 272 g/mol. The zero-order valence-electron chi connectivity index (χ0n) is 11.2. The Balaban J connectivity index is 1.81. The Kier molecular flexibility index (Phi) is 3.47. The first-order valence-electron chi connectivity index (χ1n) is 6.65. The van der Waals surface area contributed by atoms with Crippen LogP contribution in [0.5, 0.6) is 0 Å². The molecule has 1 saturated heterocycles. The highest BCUT2D eigenvalue weighted by atomic mass is 16.4. The number of nitrogens with one attached hydrogen (secondary N) is 2. The largest absolute Gasteiger partial charge is 0.423 e. The van der Waals surface area contributed by atoms with Gasteiger partial charge in [-0.15, -0.1) is 10.2 Å². The van der Waals surface area contributed by atoms with E-state index in [2.05, 4.69) is 20.8 Å². The molecule has 2 aromatic rings. The highest BCUT2D eigenvalue weighted by Crippen LogP contribution is 2.24. The van der Waals surface area contributed by atoms with Crippen LogP contribution in [-0.4, -0.2) is 28.7 Å². The molecule has 1 fully saturated rings. The molecular weight excluding hydrogens is 256 g/mol. The van der Waals surface area contributed by atoms with Crippen LogP contribution in [0, 0.1) is 6.92 Å². The summed E-state index contributed by atoms with van der Waals surface area (Å²) in [5.74, 6) is 0.452. The second kappa shape index (κ2) is 5.42. The van der Waals surface area contributed by atoms with Crippen molar-refractivity contribution in [1.29, 1.82) is 0 Å². The second-order valence-corrected chi connectivity index (χ2v) is 4.91. The van der Waals surface area contributed by atoms with Crippen LogP contribution in [-0.2, 0) is 4.79 Å². The van der Waals surface area contributed by atoms with E-state index in [4.69, 9.17) is 4.42 Å². The molecule has 20 heavy (non-hydrogen) atoms. The molecule has 0 spiro atoms. The first-order chi connectivity index (χ1) is 9.74. The maximum Gasteiger partial charge on any atom is 0.247 e. The molecule has 3 rings (SSSR count). The van der Waals surface area contributed by atoms with Gasteiger partial charge in [-0.1, -0.05) is 6.07 Å². The summed E-state index contributed by atoms with van der Waals surface area (Å²) in [6.45, 7) is 2.86. The standard InChI is InChI=1S/C14H16N4O2/c1-9-4-5-10(14-18-16-8-20-14)7-12(9)17-13(19)11-3-2-6-15-11/h4-5,7-8,11,15H,2-3,6H2,1H3,(H,17,19)/t11-/m0/s1. The first kappa shape index (κ1) is 12.8. The quantitative estimate of drug-likeness (QED) is 0.889. The number of anilines is 1. The van der Waals surface area contributed by atoms with E-state index in [1.807, 2.05) is 25.1 Å². The van der Waals surface area contributed by atoms with E-state index in [0.29, 0.717) is 5.89 Å². The number of aromatic nitrogens is 2. The van der Waals surface area contributed by atoms with Gasteiger partial charge in [0.05, 0.1) is 6.04 Å². The maximum atomic E-state index is 12.1. The normalized spacial score (nSPS) is 18.1. The number of carbonyl (C=O) groups is 1. The fraction of sp³-hybridized carbons (Fsp3) is 0.357. The molecule has 0 bridgehead atoms. The molecule has 104 valence electrons. The van der Waals surface area contributed by atoms with Crippen LogP contribution in [0.3, 0.4) is 0 Å². The molecule has 1 aliphatic heterocycles. The minimum absolute atomic E-state index is 0.00767. The van der Waals surface area contributed by atoms with Gasteiger partial charge in [0.25, 0.3) is 0 Å². The average molecular weight is 272 g/mol. The molecule has 2 N–H and O–H groups in total. The molecular formula is C14H16N4O2. The Labute approximate surface area is 116 Å². The zero-order valence-corrected chi connectivity index (χ0v) is 11.2. The zero-order chi connectivity index (χ0) is 13.9. The molecule has 0 saturated carbocycles. The van der Waals surface area contributed by atoms with Gasteiger partial charge in [0.1, 0.15) is 0 Å². The summed E-state index contributed by atoms with van der Waals surface area (Å²) in [6, 6.07) is 5.58. The van der Waals surface area contributed by atoms with Gasteiger partial charge in [0, 0.05) is 11.3 Å². The number of hydrogen-bond donors (Lipinski definition) is 2. The first-order valence-corrected chi connectivity index (χ1v) is 6.65. The highest BCUT2D eigenvalue weighted by Gasteiger charge is 2.22. The van der Waals surface area contributed by atoms with Crippen molar-refractivity contribution in [2.24, 2.45) is 0 Å². The Bertz CT molecular complexity index is 604. The molecule has 6 heteroatoms. The van der Waals surface area contributed by atoms with Crippen LogP contribution in [0.4, 0.5) is 5.69 Å². The summed E-state index contributed by atoms with van der Waals surface area (Å²) >= 11 is 0. The lowest BCUT2D eigenvalue weighted by molar-refractivity contribution is -0.117. The lowest BCUT2D eigenvalue weighted by Crippen LogP contribution is -2.35. The van der Waals surface area contributed by atoms with Crippen LogP contribution >= 0.6 is 0 Å². The predicted molar refractivity (Wildman–Crippen MR) is 74.1 cm³/mol. The molecule has 0 radical (unpaired) electrons. The molecule has 1 aromatic heterocycles. The molecule has 1 aliphatic rings. The number of benzene rings is 1. The number of hydrogen-bond acceptors (Lipinski definition) is 5. The van der Waals surface area contributed by atoms with Crippen LogP contribution in [0.1, 0.15) is 18.4 Å². The van der Waals surface area contributed by atoms with Crippen molar-refractivity contribution >= 4 is 11.6 Å². The minimum atomic E-state index is -0.0959. The number of rotatable bonds is 3. The summed E-state index contributed by atoms with van der Waals surface area (Å²) < 4.78 is 5.17. The van der Waals surface area contributed by atoms with Crippen molar-refractivity contribution in [3.63, 3.8) is 0 Å².